The van der Waals surface area contributed by atoms with Gasteiger partial charge in [0.15, 0.2) is 0 Å². The zero-order chi connectivity index (χ0) is 16.9. The molecule has 134 valence electrons. The fraction of sp³-hybridized carbons (Fsp3) is 0.778. The highest BCUT2D eigenvalue weighted by Gasteiger charge is 2.29. The number of piperidine rings is 1. The van der Waals surface area contributed by atoms with E-state index in [9.17, 15) is 4.79 Å². The first-order chi connectivity index (χ1) is 11.6. The van der Waals surface area contributed by atoms with Crippen molar-refractivity contribution >= 4 is 5.91 Å². The van der Waals surface area contributed by atoms with Crippen LogP contribution in [0, 0.1) is 6.92 Å². The number of imidazole rings is 1. The molecule has 3 heterocycles. The Kier molecular flexibility index (Phi) is 5.89. The minimum absolute atomic E-state index is 0.0910. The molecule has 3 rings (SSSR count). The van der Waals surface area contributed by atoms with Crippen LogP contribution in [0.2, 0.25) is 0 Å². The molecular formula is C18H29N3O3. The van der Waals surface area contributed by atoms with Gasteiger partial charge in [-0.15, -0.1) is 0 Å². The Morgan fingerprint density at radius 3 is 3.00 bits per heavy atom. The van der Waals surface area contributed by atoms with Crippen LogP contribution in [-0.4, -0.2) is 58.9 Å². The number of aromatic nitrogens is 2. The normalized spacial score (nSPS) is 26.3. The van der Waals surface area contributed by atoms with Gasteiger partial charge in [0.1, 0.15) is 11.9 Å². The van der Waals surface area contributed by atoms with E-state index in [1.165, 1.54) is 6.42 Å². The fourth-order valence-electron chi connectivity index (χ4n) is 3.67. The quantitative estimate of drug-likeness (QED) is 0.829. The zero-order valence-electron chi connectivity index (χ0n) is 14.8. The van der Waals surface area contributed by atoms with Gasteiger partial charge in [0.2, 0.25) is 0 Å². The number of hydrogen-bond donors (Lipinski definition) is 0. The van der Waals surface area contributed by atoms with Gasteiger partial charge in [0.05, 0.1) is 18.8 Å². The number of aryl methyl sites for hydroxylation is 1. The lowest BCUT2D eigenvalue weighted by Gasteiger charge is -2.35. The van der Waals surface area contributed by atoms with Crippen molar-refractivity contribution in [2.45, 2.75) is 64.2 Å². The highest BCUT2D eigenvalue weighted by molar-refractivity contribution is 5.80. The molecule has 1 aromatic heterocycles. The number of hydrogen-bond acceptors (Lipinski definition) is 4. The largest absolute Gasteiger partial charge is 0.376 e. The minimum atomic E-state index is -0.404. The molecule has 24 heavy (non-hydrogen) atoms. The van der Waals surface area contributed by atoms with Crippen molar-refractivity contribution in [3.63, 3.8) is 0 Å². The summed E-state index contributed by atoms with van der Waals surface area (Å²) in [6.45, 7) is 6.76. The zero-order valence-corrected chi connectivity index (χ0v) is 14.8. The van der Waals surface area contributed by atoms with Crippen molar-refractivity contribution in [3.05, 3.63) is 18.2 Å². The van der Waals surface area contributed by atoms with Gasteiger partial charge in [-0.05, 0) is 46.0 Å². The van der Waals surface area contributed by atoms with Crippen molar-refractivity contribution in [2.24, 2.45) is 0 Å². The summed E-state index contributed by atoms with van der Waals surface area (Å²) in [6.07, 6.45) is 9.04. The molecule has 0 aromatic carbocycles. The van der Waals surface area contributed by atoms with E-state index >= 15 is 0 Å². The average Bonchev–Trinajstić information content (AvgIpc) is 3.06. The number of nitrogens with zero attached hydrogens (tertiary/aromatic N) is 3. The van der Waals surface area contributed by atoms with Crippen molar-refractivity contribution < 1.29 is 14.3 Å². The number of rotatable bonds is 5. The molecule has 0 bridgehead atoms. The molecule has 2 aliphatic rings. The van der Waals surface area contributed by atoms with Crippen LogP contribution in [0.3, 0.4) is 0 Å². The number of likely N-dealkylation sites (tertiary alicyclic amines) is 1. The second kappa shape index (κ2) is 8.12. The van der Waals surface area contributed by atoms with Gasteiger partial charge in [-0.25, -0.2) is 4.98 Å². The molecular weight excluding hydrogens is 306 g/mol. The second-order valence-electron chi connectivity index (χ2n) is 6.93. The molecule has 6 heteroatoms. The van der Waals surface area contributed by atoms with Crippen LogP contribution in [0.1, 0.15) is 50.9 Å². The number of carbonyl (C=O) groups is 1. The minimum Gasteiger partial charge on any atom is -0.376 e. The van der Waals surface area contributed by atoms with Gasteiger partial charge >= 0.3 is 0 Å². The molecule has 6 nitrogen and oxygen atoms in total. The molecule has 2 aliphatic heterocycles. The van der Waals surface area contributed by atoms with Crippen LogP contribution in [0.4, 0.5) is 0 Å². The highest BCUT2D eigenvalue weighted by atomic mass is 16.5. The lowest BCUT2D eigenvalue weighted by Crippen LogP contribution is -2.46. The molecule has 2 saturated heterocycles. The van der Waals surface area contributed by atoms with E-state index in [2.05, 4.69) is 9.55 Å². The van der Waals surface area contributed by atoms with Crippen LogP contribution in [0.25, 0.3) is 0 Å². The first-order valence-corrected chi connectivity index (χ1v) is 9.16. The maximum atomic E-state index is 12.7. The predicted molar refractivity (Wildman–Crippen MR) is 90.8 cm³/mol. The van der Waals surface area contributed by atoms with Crippen molar-refractivity contribution in [3.8, 4) is 0 Å². The van der Waals surface area contributed by atoms with Crippen LogP contribution in [0.5, 0.6) is 0 Å². The summed E-state index contributed by atoms with van der Waals surface area (Å²) < 4.78 is 13.7. The standard InChI is InChI=1S/C18H29N3O3/c1-14(24-13-17-7-3-4-11-23-17)18(22)20-9-5-6-16(12-20)21-10-8-19-15(21)2/h8,10,14,16-17H,3-7,9,11-13H2,1-2H3/t14-,16+,17-/m0/s1. The third-order valence-corrected chi connectivity index (χ3v) is 5.12. The fourth-order valence-corrected chi connectivity index (χ4v) is 3.67. The average molecular weight is 335 g/mol. The highest BCUT2D eigenvalue weighted by Crippen LogP contribution is 2.23. The van der Waals surface area contributed by atoms with Gasteiger partial charge in [-0.2, -0.15) is 0 Å². The van der Waals surface area contributed by atoms with Gasteiger partial charge < -0.3 is 18.9 Å². The topological polar surface area (TPSA) is 56.6 Å². The van der Waals surface area contributed by atoms with Gasteiger partial charge in [-0.1, -0.05) is 0 Å². The molecule has 1 amide bonds. The van der Waals surface area contributed by atoms with Crippen LogP contribution >= 0.6 is 0 Å². The van der Waals surface area contributed by atoms with E-state index in [0.717, 1.165) is 51.2 Å². The molecule has 1 aromatic rings. The van der Waals surface area contributed by atoms with Crippen molar-refractivity contribution in [1.29, 1.82) is 0 Å². The summed E-state index contributed by atoms with van der Waals surface area (Å²) in [5.41, 5.74) is 0. The van der Waals surface area contributed by atoms with E-state index in [0.29, 0.717) is 12.6 Å². The first-order valence-electron chi connectivity index (χ1n) is 9.16. The molecule has 0 aliphatic carbocycles. The number of amides is 1. The van der Waals surface area contributed by atoms with Crippen molar-refractivity contribution in [2.75, 3.05) is 26.3 Å². The molecule has 0 unspecified atom stereocenters. The molecule has 3 atom stereocenters. The Labute approximate surface area is 144 Å². The Hall–Kier alpha value is -1.40. The molecule has 0 N–H and O–H groups in total. The predicted octanol–water partition coefficient (Wildman–Crippen LogP) is 2.33. The number of ether oxygens (including phenoxy) is 2. The van der Waals surface area contributed by atoms with E-state index in [1.54, 1.807) is 0 Å². The Bertz CT molecular complexity index is 539. The van der Waals surface area contributed by atoms with Gasteiger partial charge in [-0.3, -0.25) is 4.79 Å². The molecule has 0 saturated carbocycles. The van der Waals surface area contributed by atoms with Crippen LogP contribution < -0.4 is 0 Å². The van der Waals surface area contributed by atoms with Crippen LogP contribution in [-0.2, 0) is 14.3 Å². The Morgan fingerprint density at radius 1 is 1.42 bits per heavy atom. The first kappa shape index (κ1) is 17.4. The maximum Gasteiger partial charge on any atom is 0.251 e. The van der Waals surface area contributed by atoms with Crippen LogP contribution in [0.15, 0.2) is 12.4 Å². The van der Waals surface area contributed by atoms with Gasteiger partial charge in [0.25, 0.3) is 5.91 Å². The second-order valence-corrected chi connectivity index (χ2v) is 6.93. The summed E-state index contributed by atoms with van der Waals surface area (Å²) in [6, 6.07) is 0.319. The summed E-state index contributed by atoms with van der Waals surface area (Å²) in [4.78, 5) is 18.9. The lowest BCUT2D eigenvalue weighted by molar-refractivity contribution is -0.147. The smallest absolute Gasteiger partial charge is 0.251 e. The lowest BCUT2D eigenvalue weighted by atomic mass is 10.0. The van der Waals surface area contributed by atoms with Crippen molar-refractivity contribution in [1.82, 2.24) is 14.5 Å². The maximum absolute atomic E-state index is 12.7. The summed E-state index contributed by atoms with van der Waals surface area (Å²) in [5.74, 6) is 1.10. The molecule has 2 fully saturated rings. The van der Waals surface area contributed by atoms with Gasteiger partial charge in [0, 0.05) is 32.1 Å². The van der Waals surface area contributed by atoms with E-state index in [-0.39, 0.29) is 12.0 Å². The Morgan fingerprint density at radius 2 is 2.29 bits per heavy atom. The molecule has 0 radical (unpaired) electrons. The third kappa shape index (κ3) is 4.16. The molecule has 0 spiro atoms. The monoisotopic (exact) mass is 335 g/mol. The Balaban J connectivity index is 1.50. The summed E-state index contributed by atoms with van der Waals surface area (Å²) in [5, 5.41) is 0. The third-order valence-electron chi connectivity index (χ3n) is 5.12. The summed E-state index contributed by atoms with van der Waals surface area (Å²) >= 11 is 0. The van der Waals surface area contributed by atoms with E-state index < -0.39 is 6.10 Å². The van der Waals surface area contributed by atoms with E-state index in [1.807, 2.05) is 31.1 Å². The number of carbonyl (C=O) groups excluding carboxylic acids is 1. The SMILES string of the molecule is Cc1nccn1[C@@H]1CCCN(C(=O)[C@H](C)OC[C@@H]2CCCCO2)C1. The van der Waals surface area contributed by atoms with E-state index in [4.69, 9.17) is 9.47 Å². The summed E-state index contributed by atoms with van der Waals surface area (Å²) in [7, 11) is 0.